The van der Waals surface area contributed by atoms with Gasteiger partial charge in [-0.05, 0) is 25.8 Å². The minimum atomic E-state index is 0.135. The quantitative estimate of drug-likeness (QED) is 0.519. The Bertz CT molecular complexity index is 94.1. The van der Waals surface area contributed by atoms with Crippen LogP contribution in [0.15, 0.2) is 0 Å². The molecule has 66 valence electrons. The van der Waals surface area contributed by atoms with E-state index in [0.717, 1.165) is 25.6 Å². The zero-order chi connectivity index (χ0) is 7.94. The highest BCUT2D eigenvalue weighted by Gasteiger charge is 2.19. The Hall–Kier alpha value is -0.120. The predicted octanol–water partition coefficient (Wildman–Crippen LogP) is 0.137. The van der Waals surface area contributed by atoms with Crippen LogP contribution in [0.4, 0.5) is 0 Å². The molecule has 0 spiro atoms. The molecule has 1 saturated carbocycles. The number of ether oxygens (including phenoxy) is 1. The zero-order valence-electron chi connectivity index (χ0n) is 6.88. The van der Waals surface area contributed by atoms with Crippen molar-refractivity contribution in [1.82, 2.24) is 5.32 Å². The molecule has 3 heteroatoms. The second-order valence-corrected chi connectivity index (χ2v) is 2.92. The van der Waals surface area contributed by atoms with E-state index < -0.39 is 0 Å². The van der Waals surface area contributed by atoms with Gasteiger partial charge in [0, 0.05) is 12.6 Å². The molecule has 1 rings (SSSR count). The summed E-state index contributed by atoms with van der Waals surface area (Å²) in [6.45, 7) is 2.43. The number of rotatable bonds is 7. The van der Waals surface area contributed by atoms with Crippen LogP contribution >= 0.6 is 0 Å². The Kier molecular flexibility index (Phi) is 4.50. The van der Waals surface area contributed by atoms with E-state index in [0.29, 0.717) is 6.61 Å². The van der Waals surface area contributed by atoms with Crippen molar-refractivity contribution < 1.29 is 9.84 Å². The summed E-state index contributed by atoms with van der Waals surface area (Å²) in [5.74, 6) is 0. The highest BCUT2D eigenvalue weighted by Crippen LogP contribution is 2.18. The predicted molar refractivity (Wildman–Crippen MR) is 43.5 cm³/mol. The van der Waals surface area contributed by atoms with E-state index in [1.54, 1.807) is 0 Å². The van der Waals surface area contributed by atoms with Crippen molar-refractivity contribution in [2.24, 2.45) is 0 Å². The molecule has 0 heterocycles. The van der Waals surface area contributed by atoms with Crippen molar-refractivity contribution >= 4 is 0 Å². The molecule has 2 N–H and O–H groups in total. The summed E-state index contributed by atoms with van der Waals surface area (Å²) in [4.78, 5) is 0. The highest BCUT2D eigenvalue weighted by molar-refractivity contribution is 4.80. The molecule has 0 aromatic rings. The first-order valence-corrected chi connectivity index (χ1v) is 4.35. The second-order valence-electron chi connectivity index (χ2n) is 2.92. The topological polar surface area (TPSA) is 41.5 Å². The fourth-order valence-corrected chi connectivity index (χ4v) is 0.934. The lowest BCUT2D eigenvalue weighted by atomic mass is 10.4. The van der Waals surface area contributed by atoms with Crippen LogP contribution in [-0.4, -0.2) is 37.5 Å². The Morgan fingerprint density at radius 1 is 1.36 bits per heavy atom. The number of aliphatic hydroxyl groups excluding tert-OH is 1. The average Bonchev–Trinajstić information content (AvgIpc) is 2.80. The van der Waals surface area contributed by atoms with E-state index in [1.807, 2.05) is 0 Å². The van der Waals surface area contributed by atoms with E-state index in [2.05, 4.69) is 5.32 Å². The summed E-state index contributed by atoms with van der Waals surface area (Å²) < 4.78 is 5.10. The van der Waals surface area contributed by atoms with Crippen molar-refractivity contribution in [1.29, 1.82) is 0 Å². The third kappa shape index (κ3) is 5.18. The first kappa shape index (κ1) is 8.97. The van der Waals surface area contributed by atoms with Crippen LogP contribution in [0.5, 0.6) is 0 Å². The molecule has 0 bridgehead atoms. The van der Waals surface area contributed by atoms with Crippen LogP contribution in [0.1, 0.15) is 19.3 Å². The Morgan fingerprint density at radius 3 is 2.82 bits per heavy atom. The fraction of sp³-hybridized carbons (Fsp3) is 1.00. The van der Waals surface area contributed by atoms with Gasteiger partial charge in [0.2, 0.25) is 0 Å². The van der Waals surface area contributed by atoms with Gasteiger partial charge in [0.15, 0.2) is 0 Å². The molecule has 0 aromatic heterocycles. The maximum atomic E-state index is 8.38. The lowest BCUT2D eigenvalue weighted by Crippen LogP contribution is -2.19. The molecule has 0 aromatic carbocycles. The summed E-state index contributed by atoms with van der Waals surface area (Å²) in [7, 11) is 0. The Labute approximate surface area is 67.7 Å². The SMILES string of the molecule is OCCOCCCNC1CC1. The molecule has 3 nitrogen and oxygen atoms in total. The Morgan fingerprint density at radius 2 is 2.18 bits per heavy atom. The van der Waals surface area contributed by atoms with Gasteiger partial charge in [-0.1, -0.05) is 0 Å². The summed E-state index contributed by atoms with van der Waals surface area (Å²) >= 11 is 0. The van der Waals surface area contributed by atoms with Crippen LogP contribution in [-0.2, 0) is 4.74 Å². The van der Waals surface area contributed by atoms with Crippen molar-refractivity contribution in [3.63, 3.8) is 0 Å². The van der Waals surface area contributed by atoms with E-state index in [1.165, 1.54) is 12.8 Å². The summed E-state index contributed by atoms with van der Waals surface area (Å²) in [6.07, 6.45) is 3.74. The van der Waals surface area contributed by atoms with Gasteiger partial charge < -0.3 is 15.2 Å². The van der Waals surface area contributed by atoms with Gasteiger partial charge >= 0.3 is 0 Å². The second kappa shape index (κ2) is 5.52. The number of hydrogen-bond acceptors (Lipinski definition) is 3. The van der Waals surface area contributed by atoms with Gasteiger partial charge in [-0.25, -0.2) is 0 Å². The standard InChI is InChI=1S/C8H17NO2/c10-5-7-11-6-1-4-9-8-2-3-8/h8-10H,1-7H2. The zero-order valence-corrected chi connectivity index (χ0v) is 6.88. The van der Waals surface area contributed by atoms with Gasteiger partial charge in [0.25, 0.3) is 0 Å². The van der Waals surface area contributed by atoms with Crippen molar-refractivity contribution in [3.05, 3.63) is 0 Å². The minimum Gasteiger partial charge on any atom is -0.394 e. The fourth-order valence-electron chi connectivity index (χ4n) is 0.934. The third-order valence-electron chi connectivity index (χ3n) is 1.71. The monoisotopic (exact) mass is 159 g/mol. The molecule has 0 radical (unpaired) electrons. The third-order valence-corrected chi connectivity index (χ3v) is 1.71. The Balaban J connectivity index is 1.66. The van der Waals surface area contributed by atoms with E-state index in [9.17, 15) is 0 Å². The molecule has 0 saturated heterocycles. The van der Waals surface area contributed by atoms with Crippen LogP contribution in [0.25, 0.3) is 0 Å². The van der Waals surface area contributed by atoms with Gasteiger partial charge in [-0.3, -0.25) is 0 Å². The van der Waals surface area contributed by atoms with E-state index >= 15 is 0 Å². The largest absolute Gasteiger partial charge is 0.394 e. The lowest BCUT2D eigenvalue weighted by molar-refractivity contribution is 0.0907. The lowest BCUT2D eigenvalue weighted by Gasteiger charge is -2.02. The van der Waals surface area contributed by atoms with Crippen LogP contribution in [0.2, 0.25) is 0 Å². The molecule has 0 aliphatic heterocycles. The van der Waals surface area contributed by atoms with Gasteiger partial charge in [-0.2, -0.15) is 0 Å². The molecule has 11 heavy (non-hydrogen) atoms. The smallest absolute Gasteiger partial charge is 0.0697 e. The van der Waals surface area contributed by atoms with Gasteiger partial charge in [-0.15, -0.1) is 0 Å². The van der Waals surface area contributed by atoms with E-state index in [-0.39, 0.29) is 6.61 Å². The maximum absolute atomic E-state index is 8.38. The summed E-state index contributed by atoms with van der Waals surface area (Å²) in [5, 5.41) is 11.8. The van der Waals surface area contributed by atoms with Crippen LogP contribution in [0, 0.1) is 0 Å². The number of aliphatic hydroxyl groups is 1. The molecule has 0 unspecified atom stereocenters. The average molecular weight is 159 g/mol. The number of hydrogen-bond donors (Lipinski definition) is 2. The molecule has 0 amide bonds. The first-order valence-electron chi connectivity index (χ1n) is 4.35. The highest BCUT2D eigenvalue weighted by atomic mass is 16.5. The van der Waals surface area contributed by atoms with Crippen molar-refractivity contribution in [2.45, 2.75) is 25.3 Å². The molecule has 1 aliphatic carbocycles. The molecule has 1 aliphatic rings. The van der Waals surface area contributed by atoms with Crippen molar-refractivity contribution in [2.75, 3.05) is 26.4 Å². The van der Waals surface area contributed by atoms with E-state index in [4.69, 9.17) is 9.84 Å². The van der Waals surface area contributed by atoms with Crippen LogP contribution in [0.3, 0.4) is 0 Å². The molecular weight excluding hydrogens is 142 g/mol. The number of nitrogens with one attached hydrogen (secondary N) is 1. The summed E-state index contributed by atoms with van der Waals surface area (Å²) in [6, 6.07) is 0.799. The normalized spacial score (nSPS) is 17.2. The van der Waals surface area contributed by atoms with Gasteiger partial charge in [0.05, 0.1) is 13.2 Å². The maximum Gasteiger partial charge on any atom is 0.0697 e. The minimum absolute atomic E-state index is 0.135. The first-order chi connectivity index (χ1) is 5.43. The molecule has 1 fully saturated rings. The molecular formula is C8H17NO2. The van der Waals surface area contributed by atoms with Crippen molar-refractivity contribution in [3.8, 4) is 0 Å². The summed E-state index contributed by atoms with van der Waals surface area (Å²) in [5.41, 5.74) is 0. The van der Waals surface area contributed by atoms with Crippen LogP contribution < -0.4 is 5.32 Å². The molecule has 0 atom stereocenters. The van der Waals surface area contributed by atoms with Gasteiger partial charge in [0.1, 0.15) is 0 Å².